The summed E-state index contributed by atoms with van der Waals surface area (Å²) in [6, 6.07) is 27.9. The Morgan fingerprint density at radius 3 is 2.12 bits per heavy atom. The third kappa shape index (κ3) is 2.78. The summed E-state index contributed by atoms with van der Waals surface area (Å²) in [5.74, 6) is 0. The second-order valence-electron chi connectivity index (χ2n) is 6.94. The van der Waals surface area contributed by atoms with Crippen LogP contribution in [0.2, 0.25) is 6.55 Å². The highest BCUT2D eigenvalue weighted by Crippen LogP contribution is 2.46. The average molecular weight is 361 g/mol. The summed E-state index contributed by atoms with van der Waals surface area (Å²) in [4.78, 5) is 0. The van der Waals surface area contributed by atoms with Gasteiger partial charge in [-0.15, -0.1) is 0 Å². The van der Waals surface area contributed by atoms with Crippen molar-refractivity contribution in [2.24, 2.45) is 0 Å². The molecular formula is C23H21ClSi. The molecule has 0 spiro atoms. The predicted octanol–water partition coefficient (Wildman–Crippen LogP) is 6.11. The number of allylic oxidation sites excluding steroid dienone is 1. The SMILES string of the molecule is CC1=Cc2c(-c3ccccc3)cccc2C1[Si](C)(Cl)c1ccccc1. The van der Waals surface area contributed by atoms with Crippen molar-refractivity contribution in [3.05, 3.63) is 95.6 Å². The minimum absolute atomic E-state index is 0.315. The Kier molecular flexibility index (Phi) is 4.14. The zero-order valence-corrected chi connectivity index (χ0v) is 16.3. The molecule has 4 rings (SSSR count). The Labute approximate surface area is 155 Å². The van der Waals surface area contributed by atoms with E-state index in [1.165, 1.54) is 33.0 Å². The molecule has 0 N–H and O–H groups in total. The fraction of sp³-hybridized carbons (Fsp3) is 0.130. The van der Waals surface area contributed by atoms with Crippen LogP contribution in [0.5, 0.6) is 0 Å². The highest BCUT2D eigenvalue weighted by Gasteiger charge is 2.42. The maximum Gasteiger partial charge on any atom is 0.195 e. The van der Waals surface area contributed by atoms with Crippen LogP contribution in [-0.4, -0.2) is 7.38 Å². The van der Waals surface area contributed by atoms with Crippen molar-refractivity contribution >= 4 is 29.7 Å². The molecule has 0 saturated heterocycles. The van der Waals surface area contributed by atoms with Crippen LogP contribution in [-0.2, 0) is 0 Å². The number of benzene rings is 3. The van der Waals surface area contributed by atoms with E-state index in [-0.39, 0.29) is 0 Å². The Bertz CT molecular complexity index is 927. The van der Waals surface area contributed by atoms with Crippen molar-refractivity contribution in [1.82, 2.24) is 0 Å². The van der Waals surface area contributed by atoms with Crippen LogP contribution in [0.15, 0.2) is 84.4 Å². The minimum atomic E-state index is -2.18. The summed E-state index contributed by atoms with van der Waals surface area (Å²) >= 11 is 7.29. The summed E-state index contributed by atoms with van der Waals surface area (Å²) in [5.41, 5.74) is 6.98. The lowest BCUT2D eigenvalue weighted by Crippen LogP contribution is -2.45. The molecule has 0 radical (unpaired) electrons. The van der Waals surface area contributed by atoms with Gasteiger partial charge in [0.2, 0.25) is 0 Å². The number of fused-ring (bicyclic) bond motifs is 1. The minimum Gasteiger partial charge on any atom is -0.160 e. The lowest BCUT2D eigenvalue weighted by Gasteiger charge is -2.30. The third-order valence-electron chi connectivity index (χ3n) is 5.24. The maximum absolute atomic E-state index is 7.29. The zero-order valence-electron chi connectivity index (χ0n) is 14.5. The third-order valence-corrected chi connectivity index (χ3v) is 9.87. The number of hydrogen-bond donors (Lipinski definition) is 0. The van der Waals surface area contributed by atoms with E-state index < -0.39 is 7.38 Å². The first-order chi connectivity index (χ1) is 12.1. The summed E-state index contributed by atoms with van der Waals surface area (Å²) < 4.78 is 0. The van der Waals surface area contributed by atoms with Gasteiger partial charge in [-0.05, 0) is 34.4 Å². The van der Waals surface area contributed by atoms with Gasteiger partial charge >= 0.3 is 0 Å². The van der Waals surface area contributed by atoms with Crippen LogP contribution in [0.3, 0.4) is 0 Å². The number of halogens is 1. The molecule has 25 heavy (non-hydrogen) atoms. The maximum atomic E-state index is 7.29. The first-order valence-electron chi connectivity index (χ1n) is 8.70. The second-order valence-corrected chi connectivity index (χ2v) is 12.6. The monoisotopic (exact) mass is 360 g/mol. The molecule has 0 amide bonds. The summed E-state index contributed by atoms with van der Waals surface area (Å²) in [7, 11) is -2.18. The lowest BCUT2D eigenvalue weighted by atomic mass is 9.97. The van der Waals surface area contributed by atoms with Crippen LogP contribution in [0, 0.1) is 0 Å². The fourth-order valence-corrected chi connectivity index (χ4v) is 8.27. The highest BCUT2D eigenvalue weighted by atomic mass is 35.6. The van der Waals surface area contributed by atoms with Gasteiger partial charge in [0.05, 0.1) is 0 Å². The number of hydrogen-bond acceptors (Lipinski definition) is 0. The van der Waals surface area contributed by atoms with Gasteiger partial charge in [-0.25, -0.2) is 0 Å². The van der Waals surface area contributed by atoms with Crippen molar-refractivity contribution in [1.29, 1.82) is 0 Å². The molecule has 1 aliphatic rings. The van der Waals surface area contributed by atoms with E-state index in [0.29, 0.717) is 5.54 Å². The largest absolute Gasteiger partial charge is 0.195 e. The molecule has 0 heterocycles. The van der Waals surface area contributed by atoms with Gasteiger partial charge in [0.1, 0.15) is 0 Å². The van der Waals surface area contributed by atoms with Gasteiger partial charge in [-0.1, -0.05) is 97.1 Å². The van der Waals surface area contributed by atoms with E-state index in [1.54, 1.807) is 0 Å². The molecule has 2 atom stereocenters. The Morgan fingerprint density at radius 2 is 1.44 bits per heavy atom. The zero-order chi connectivity index (χ0) is 17.4. The number of rotatable bonds is 3. The van der Waals surface area contributed by atoms with Gasteiger partial charge in [0, 0.05) is 5.54 Å². The van der Waals surface area contributed by atoms with Gasteiger partial charge in [-0.2, -0.15) is 11.1 Å². The van der Waals surface area contributed by atoms with Crippen LogP contribution in [0.4, 0.5) is 0 Å². The molecule has 0 bridgehead atoms. The van der Waals surface area contributed by atoms with Crippen molar-refractivity contribution in [3.63, 3.8) is 0 Å². The van der Waals surface area contributed by atoms with Crippen LogP contribution >= 0.6 is 11.1 Å². The smallest absolute Gasteiger partial charge is 0.160 e. The van der Waals surface area contributed by atoms with E-state index in [0.717, 1.165) is 0 Å². The average Bonchev–Trinajstić information content (AvgIpc) is 2.99. The first-order valence-corrected chi connectivity index (χ1v) is 12.3. The molecule has 0 fully saturated rings. The summed E-state index contributed by atoms with van der Waals surface area (Å²) in [5, 5.41) is 1.30. The second kappa shape index (κ2) is 6.33. The normalized spacial score (nSPS) is 18.4. The van der Waals surface area contributed by atoms with Gasteiger partial charge in [0.15, 0.2) is 7.38 Å². The molecule has 0 nitrogen and oxygen atoms in total. The standard InChI is InChI=1S/C23H21ClSi/c1-17-16-22-20(18-10-5-3-6-11-18)14-9-15-21(22)23(17)25(2,24)19-12-7-4-8-13-19/h3-16,23H,1-2H3. The molecular weight excluding hydrogens is 340 g/mol. The molecule has 2 heteroatoms. The van der Waals surface area contributed by atoms with Crippen molar-refractivity contribution in [3.8, 4) is 11.1 Å². The van der Waals surface area contributed by atoms with Crippen molar-refractivity contribution < 1.29 is 0 Å². The van der Waals surface area contributed by atoms with Crippen LogP contribution < -0.4 is 5.19 Å². The summed E-state index contributed by atoms with van der Waals surface area (Å²) in [6.07, 6.45) is 2.35. The van der Waals surface area contributed by atoms with E-state index in [9.17, 15) is 0 Å². The molecule has 1 aliphatic carbocycles. The van der Waals surface area contributed by atoms with E-state index in [2.05, 4.69) is 98.4 Å². The van der Waals surface area contributed by atoms with Gasteiger partial charge < -0.3 is 0 Å². The first kappa shape index (κ1) is 16.4. The molecule has 0 aromatic heterocycles. The molecule has 0 saturated carbocycles. The van der Waals surface area contributed by atoms with Crippen molar-refractivity contribution in [2.75, 3.05) is 0 Å². The Balaban J connectivity index is 1.85. The van der Waals surface area contributed by atoms with Crippen molar-refractivity contribution in [2.45, 2.75) is 19.0 Å². The molecule has 0 aliphatic heterocycles. The molecule has 3 aromatic rings. The fourth-order valence-electron chi connectivity index (χ4n) is 4.07. The predicted molar refractivity (Wildman–Crippen MR) is 112 cm³/mol. The van der Waals surface area contributed by atoms with Crippen LogP contribution in [0.1, 0.15) is 23.6 Å². The van der Waals surface area contributed by atoms with Gasteiger partial charge in [-0.3, -0.25) is 0 Å². The van der Waals surface area contributed by atoms with Gasteiger partial charge in [0.25, 0.3) is 0 Å². The topological polar surface area (TPSA) is 0 Å². The quantitative estimate of drug-likeness (QED) is 0.390. The van der Waals surface area contributed by atoms with E-state index >= 15 is 0 Å². The molecule has 124 valence electrons. The van der Waals surface area contributed by atoms with E-state index in [1.807, 2.05) is 0 Å². The Hall–Kier alpha value is -2.09. The molecule has 3 aromatic carbocycles. The molecule has 2 unspecified atom stereocenters. The highest BCUT2D eigenvalue weighted by molar-refractivity contribution is 7.27. The Morgan fingerprint density at radius 1 is 0.800 bits per heavy atom. The van der Waals surface area contributed by atoms with E-state index in [4.69, 9.17) is 11.1 Å². The summed E-state index contributed by atoms with van der Waals surface area (Å²) in [6.45, 7) is 4.51. The van der Waals surface area contributed by atoms with Crippen LogP contribution in [0.25, 0.3) is 17.2 Å². The lowest BCUT2D eigenvalue weighted by molar-refractivity contribution is 1.10.